The number of carbonyl (C=O) groups excluding carboxylic acids is 1. The second-order valence-corrected chi connectivity index (χ2v) is 5.45. The molecule has 2 heterocycles. The summed E-state index contributed by atoms with van der Waals surface area (Å²) in [5, 5.41) is 9.08. The summed E-state index contributed by atoms with van der Waals surface area (Å²) >= 11 is 1.57. The molecular formula is C12H21Cl2N3O2S. The number of nitrogens with zero attached hydrogens (tertiary/aromatic N) is 1. The molecule has 5 nitrogen and oxygen atoms in total. The second kappa shape index (κ2) is 8.79. The molecule has 1 aromatic rings. The Kier molecular flexibility index (Phi) is 8.62. The molecule has 0 aromatic carbocycles. The summed E-state index contributed by atoms with van der Waals surface area (Å²) in [7, 11) is 0. The highest BCUT2D eigenvalue weighted by Gasteiger charge is 2.29. The second-order valence-electron chi connectivity index (χ2n) is 4.57. The Labute approximate surface area is 135 Å². The molecule has 1 aliphatic heterocycles. The van der Waals surface area contributed by atoms with E-state index < -0.39 is 0 Å². The molecule has 1 aromatic heterocycles. The van der Waals surface area contributed by atoms with Crippen molar-refractivity contribution in [3.8, 4) is 0 Å². The fourth-order valence-electron chi connectivity index (χ4n) is 1.96. The van der Waals surface area contributed by atoms with Crippen molar-refractivity contribution < 1.29 is 9.53 Å². The molecule has 0 spiro atoms. The van der Waals surface area contributed by atoms with Crippen molar-refractivity contribution in [3.05, 3.63) is 16.1 Å². The van der Waals surface area contributed by atoms with E-state index in [4.69, 9.17) is 4.74 Å². The minimum Gasteiger partial charge on any atom is -0.375 e. The van der Waals surface area contributed by atoms with Crippen LogP contribution in [0, 0.1) is 6.92 Å². The molecule has 2 N–H and O–H groups in total. The zero-order chi connectivity index (χ0) is 13.1. The lowest BCUT2D eigenvalue weighted by molar-refractivity contribution is -0.129. The standard InChI is InChI=1S/C12H19N3O2S.2ClH/c1-7-6-18-12(14-7)8(2)15-11(16)10-9(3)17-5-4-13-10;;/h6,8-10,13H,4-5H2,1-3H3,(H,15,16);2*1H/t8?,9-,10+;;/m1../s1. The number of ether oxygens (including phenoxy) is 1. The summed E-state index contributed by atoms with van der Waals surface area (Å²) in [5.74, 6) is -0.0254. The number of rotatable bonds is 3. The Balaban J connectivity index is 0.00000180. The molecular weight excluding hydrogens is 321 g/mol. The number of halogens is 2. The fraction of sp³-hybridized carbons (Fsp3) is 0.667. The molecule has 0 radical (unpaired) electrons. The summed E-state index contributed by atoms with van der Waals surface area (Å²) in [6.07, 6.45) is -0.0935. The Hall–Kier alpha value is -0.400. The van der Waals surface area contributed by atoms with Gasteiger partial charge in [0.2, 0.25) is 5.91 Å². The van der Waals surface area contributed by atoms with Gasteiger partial charge in [-0.3, -0.25) is 4.79 Å². The Morgan fingerprint density at radius 2 is 2.30 bits per heavy atom. The molecule has 0 bridgehead atoms. The van der Waals surface area contributed by atoms with Crippen LogP contribution in [0.4, 0.5) is 0 Å². The first kappa shape index (κ1) is 19.6. The van der Waals surface area contributed by atoms with Gasteiger partial charge in [-0.1, -0.05) is 0 Å². The molecule has 1 aliphatic rings. The SMILES string of the molecule is Cc1csc(C(C)NC(=O)[C@H]2NCCO[C@@H]2C)n1.Cl.Cl. The van der Waals surface area contributed by atoms with Gasteiger partial charge in [0, 0.05) is 17.6 Å². The topological polar surface area (TPSA) is 63.2 Å². The summed E-state index contributed by atoms with van der Waals surface area (Å²) < 4.78 is 5.47. The molecule has 1 amide bonds. The predicted molar refractivity (Wildman–Crippen MR) is 85.1 cm³/mol. The molecule has 8 heteroatoms. The van der Waals surface area contributed by atoms with Gasteiger partial charge in [-0.25, -0.2) is 4.98 Å². The van der Waals surface area contributed by atoms with Gasteiger partial charge < -0.3 is 15.4 Å². The van der Waals surface area contributed by atoms with Crippen LogP contribution >= 0.6 is 36.2 Å². The normalized spacial score (nSPS) is 23.1. The van der Waals surface area contributed by atoms with Crippen LogP contribution in [0.25, 0.3) is 0 Å². The van der Waals surface area contributed by atoms with E-state index in [0.29, 0.717) is 13.2 Å². The van der Waals surface area contributed by atoms with Gasteiger partial charge >= 0.3 is 0 Å². The number of thiazole rings is 1. The van der Waals surface area contributed by atoms with Crippen molar-refractivity contribution in [1.29, 1.82) is 0 Å². The minimum atomic E-state index is -0.276. The van der Waals surface area contributed by atoms with E-state index in [9.17, 15) is 4.79 Å². The van der Waals surface area contributed by atoms with Crippen molar-refractivity contribution in [3.63, 3.8) is 0 Å². The van der Waals surface area contributed by atoms with Crippen LogP contribution < -0.4 is 10.6 Å². The first-order valence-electron chi connectivity index (χ1n) is 6.15. The maximum atomic E-state index is 12.1. The Morgan fingerprint density at radius 1 is 1.60 bits per heavy atom. The highest BCUT2D eigenvalue weighted by molar-refractivity contribution is 7.09. The lowest BCUT2D eigenvalue weighted by Crippen LogP contribution is -2.55. The lowest BCUT2D eigenvalue weighted by Gasteiger charge is -2.30. The van der Waals surface area contributed by atoms with Crippen LogP contribution in [0.3, 0.4) is 0 Å². The van der Waals surface area contributed by atoms with Crippen molar-refractivity contribution in [1.82, 2.24) is 15.6 Å². The van der Waals surface area contributed by atoms with Crippen LogP contribution in [-0.2, 0) is 9.53 Å². The van der Waals surface area contributed by atoms with E-state index in [1.165, 1.54) is 0 Å². The number of hydrogen-bond donors (Lipinski definition) is 2. The van der Waals surface area contributed by atoms with E-state index in [0.717, 1.165) is 10.7 Å². The zero-order valence-electron chi connectivity index (χ0n) is 11.7. The summed E-state index contributed by atoms with van der Waals surface area (Å²) in [6.45, 7) is 7.19. The maximum Gasteiger partial charge on any atom is 0.240 e. The highest BCUT2D eigenvalue weighted by atomic mass is 35.5. The highest BCUT2D eigenvalue weighted by Crippen LogP contribution is 2.17. The van der Waals surface area contributed by atoms with Gasteiger partial charge in [0.15, 0.2) is 0 Å². The molecule has 2 rings (SSSR count). The number of aryl methyl sites for hydroxylation is 1. The number of morpholine rings is 1. The van der Waals surface area contributed by atoms with Crippen molar-refractivity contribution in [2.24, 2.45) is 0 Å². The molecule has 1 saturated heterocycles. The fourth-order valence-corrected chi connectivity index (χ4v) is 2.77. The summed E-state index contributed by atoms with van der Waals surface area (Å²) in [6, 6.07) is -0.339. The first-order valence-corrected chi connectivity index (χ1v) is 7.03. The number of hydrogen-bond acceptors (Lipinski definition) is 5. The van der Waals surface area contributed by atoms with Gasteiger partial charge in [0.1, 0.15) is 11.0 Å². The van der Waals surface area contributed by atoms with Gasteiger partial charge in [-0.2, -0.15) is 0 Å². The molecule has 0 saturated carbocycles. The van der Waals surface area contributed by atoms with Crippen LogP contribution in [0.2, 0.25) is 0 Å². The Bertz CT molecular complexity index is 431. The quantitative estimate of drug-likeness (QED) is 0.880. The van der Waals surface area contributed by atoms with Gasteiger partial charge in [0.05, 0.1) is 18.8 Å². The third-order valence-electron chi connectivity index (χ3n) is 2.96. The number of nitrogens with one attached hydrogen (secondary N) is 2. The number of aromatic nitrogens is 1. The monoisotopic (exact) mass is 341 g/mol. The van der Waals surface area contributed by atoms with E-state index >= 15 is 0 Å². The van der Waals surface area contributed by atoms with Crippen molar-refractivity contribution in [2.75, 3.05) is 13.2 Å². The third-order valence-corrected chi connectivity index (χ3v) is 4.11. The zero-order valence-corrected chi connectivity index (χ0v) is 14.2. The molecule has 1 unspecified atom stereocenters. The van der Waals surface area contributed by atoms with Gasteiger partial charge in [0.25, 0.3) is 0 Å². The van der Waals surface area contributed by atoms with Crippen molar-refractivity contribution >= 4 is 42.1 Å². The molecule has 3 atom stereocenters. The first-order chi connectivity index (χ1) is 8.58. The van der Waals surface area contributed by atoms with Gasteiger partial charge in [-0.05, 0) is 20.8 Å². The minimum absolute atomic E-state index is 0. The van der Waals surface area contributed by atoms with Gasteiger partial charge in [-0.15, -0.1) is 36.2 Å². The summed E-state index contributed by atoms with van der Waals surface area (Å²) in [4.78, 5) is 16.5. The third kappa shape index (κ3) is 4.86. The molecule has 1 fully saturated rings. The van der Waals surface area contributed by atoms with Crippen molar-refractivity contribution in [2.45, 2.75) is 39.0 Å². The average molecular weight is 342 g/mol. The van der Waals surface area contributed by atoms with Crippen LogP contribution in [0.15, 0.2) is 5.38 Å². The lowest BCUT2D eigenvalue weighted by atomic mass is 10.1. The average Bonchev–Trinajstić information content (AvgIpc) is 2.76. The van der Waals surface area contributed by atoms with E-state index in [2.05, 4.69) is 15.6 Å². The molecule has 0 aliphatic carbocycles. The summed E-state index contributed by atoms with van der Waals surface area (Å²) in [5.41, 5.74) is 0.989. The van der Waals surface area contributed by atoms with Crippen LogP contribution in [-0.4, -0.2) is 36.2 Å². The number of carbonyl (C=O) groups is 1. The Morgan fingerprint density at radius 3 is 2.85 bits per heavy atom. The van der Waals surface area contributed by atoms with Crippen LogP contribution in [0.5, 0.6) is 0 Å². The molecule has 20 heavy (non-hydrogen) atoms. The van der Waals surface area contributed by atoms with E-state index in [-0.39, 0.29) is 48.9 Å². The number of amides is 1. The van der Waals surface area contributed by atoms with Crippen LogP contribution in [0.1, 0.15) is 30.6 Å². The van der Waals surface area contributed by atoms with E-state index in [1.54, 1.807) is 11.3 Å². The largest absolute Gasteiger partial charge is 0.375 e. The predicted octanol–water partition coefficient (Wildman–Crippen LogP) is 1.85. The maximum absolute atomic E-state index is 12.1. The smallest absolute Gasteiger partial charge is 0.240 e. The van der Waals surface area contributed by atoms with E-state index in [1.807, 2.05) is 26.2 Å². The molecule has 116 valence electrons.